The van der Waals surface area contributed by atoms with Crippen molar-refractivity contribution in [2.45, 2.75) is 13.3 Å². The summed E-state index contributed by atoms with van der Waals surface area (Å²) in [6.45, 7) is 2.10. The van der Waals surface area contributed by atoms with Gasteiger partial charge >= 0.3 is 0 Å². The van der Waals surface area contributed by atoms with Crippen molar-refractivity contribution in [3.05, 3.63) is 22.8 Å². The van der Waals surface area contributed by atoms with Crippen LogP contribution in [-0.4, -0.2) is 17.9 Å². The molecular weight excluding hydrogens is 256 g/mol. The lowest BCUT2D eigenvalue weighted by molar-refractivity contribution is -0.119. The molecule has 0 bridgehead atoms. The summed E-state index contributed by atoms with van der Waals surface area (Å²) in [6, 6.07) is 3.73. The van der Waals surface area contributed by atoms with Gasteiger partial charge < -0.3 is 0 Å². The molecular formula is C11H13BrN2O. The van der Waals surface area contributed by atoms with E-state index in [9.17, 15) is 4.79 Å². The fourth-order valence-corrected chi connectivity index (χ4v) is 2.16. The van der Waals surface area contributed by atoms with Crippen LogP contribution in [0.15, 0.2) is 22.8 Å². The van der Waals surface area contributed by atoms with E-state index >= 15 is 0 Å². The van der Waals surface area contributed by atoms with Crippen LogP contribution < -0.4 is 4.90 Å². The Morgan fingerprint density at radius 2 is 2.33 bits per heavy atom. The lowest BCUT2D eigenvalue weighted by atomic mass is 10.3. The summed E-state index contributed by atoms with van der Waals surface area (Å²) in [5.41, 5.74) is 0. The topological polar surface area (TPSA) is 33.2 Å². The molecule has 0 aromatic carbocycles. The number of nitrogens with zero attached hydrogens (tertiary/aromatic N) is 2. The molecule has 1 fully saturated rings. The maximum absolute atomic E-state index is 11.9. The molecule has 0 spiro atoms. The molecule has 0 radical (unpaired) electrons. The molecule has 4 heteroatoms. The van der Waals surface area contributed by atoms with E-state index < -0.39 is 0 Å². The van der Waals surface area contributed by atoms with Gasteiger partial charge in [0.25, 0.3) is 0 Å². The summed E-state index contributed by atoms with van der Waals surface area (Å²) in [6.07, 6.45) is 2.70. The Bertz CT molecular complexity index is 394. The quantitative estimate of drug-likeness (QED) is 0.826. The van der Waals surface area contributed by atoms with Crippen molar-refractivity contribution in [1.82, 2.24) is 4.98 Å². The minimum atomic E-state index is 0.168. The maximum Gasteiger partial charge on any atom is 0.231 e. The molecule has 1 aliphatic carbocycles. The highest BCUT2D eigenvalue weighted by molar-refractivity contribution is 9.10. The summed E-state index contributed by atoms with van der Waals surface area (Å²) in [7, 11) is 1.78. The SMILES string of the molecule is C[C@H]1C[C@@H]1C(=O)N(C)c1ncccc1Br. The van der Waals surface area contributed by atoms with Crippen LogP contribution in [-0.2, 0) is 4.79 Å². The zero-order chi connectivity index (χ0) is 11.0. The van der Waals surface area contributed by atoms with Crippen LogP contribution in [0.4, 0.5) is 5.82 Å². The number of aromatic nitrogens is 1. The second kappa shape index (κ2) is 3.93. The van der Waals surface area contributed by atoms with Gasteiger partial charge in [0.05, 0.1) is 4.47 Å². The lowest BCUT2D eigenvalue weighted by Gasteiger charge is -2.17. The minimum absolute atomic E-state index is 0.168. The Hall–Kier alpha value is -0.900. The summed E-state index contributed by atoms with van der Waals surface area (Å²) >= 11 is 3.39. The Labute approximate surface area is 97.6 Å². The van der Waals surface area contributed by atoms with Crippen LogP contribution in [0.5, 0.6) is 0 Å². The average Bonchev–Trinajstić information content (AvgIpc) is 2.94. The van der Waals surface area contributed by atoms with Gasteiger partial charge in [0, 0.05) is 19.2 Å². The summed E-state index contributed by atoms with van der Waals surface area (Å²) in [5.74, 6) is 1.59. The number of hydrogen-bond donors (Lipinski definition) is 0. The number of pyridine rings is 1. The highest BCUT2D eigenvalue weighted by Crippen LogP contribution is 2.40. The number of hydrogen-bond acceptors (Lipinski definition) is 2. The Morgan fingerprint density at radius 1 is 1.67 bits per heavy atom. The normalized spacial score (nSPS) is 23.7. The van der Waals surface area contributed by atoms with Crippen LogP contribution in [0.3, 0.4) is 0 Å². The summed E-state index contributed by atoms with van der Waals surface area (Å²) in [5, 5.41) is 0. The van der Waals surface area contributed by atoms with Crippen LogP contribution in [0.1, 0.15) is 13.3 Å². The van der Waals surface area contributed by atoms with Crippen molar-refractivity contribution >= 4 is 27.7 Å². The monoisotopic (exact) mass is 268 g/mol. The molecule has 15 heavy (non-hydrogen) atoms. The van der Waals surface area contributed by atoms with Gasteiger partial charge in [-0.3, -0.25) is 9.69 Å². The van der Waals surface area contributed by atoms with Crippen molar-refractivity contribution in [3.63, 3.8) is 0 Å². The van der Waals surface area contributed by atoms with Gasteiger partial charge in [-0.15, -0.1) is 0 Å². The largest absolute Gasteiger partial charge is 0.299 e. The van der Waals surface area contributed by atoms with E-state index in [0.29, 0.717) is 11.7 Å². The van der Waals surface area contributed by atoms with Gasteiger partial charge in [-0.1, -0.05) is 6.92 Å². The number of rotatable bonds is 2. The van der Waals surface area contributed by atoms with Crippen molar-refractivity contribution in [3.8, 4) is 0 Å². The fraction of sp³-hybridized carbons (Fsp3) is 0.455. The number of halogens is 1. The molecule has 2 atom stereocenters. The zero-order valence-corrected chi connectivity index (χ0v) is 10.4. The van der Waals surface area contributed by atoms with E-state index in [1.807, 2.05) is 12.1 Å². The second-order valence-electron chi connectivity index (χ2n) is 4.03. The van der Waals surface area contributed by atoms with E-state index in [4.69, 9.17) is 0 Å². The lowest BCUT2D eigenvalue weighted by Crippen LogP contribution is -2.29. The molecule has 0 aliphatic heterocycles. The maximum atomic E-state index is 11.9. The minimum Gasteiger partial charge on any atom is -0.299 e. The van der Waals surface area contributed by atoms with Gasteiger partial charge in [0.1, 0.15) is 5.82 Å². The molecule has 1 aliphatic rings. The van der Waals surface area contributed by atoms with Gasteiger partial charge in [-0.25, -0.2) is 4.98 Å². The first-order chi connectivity index (χ1) is 7.11. The van der Waals surface area contributed by atoms with Crippen LogP contribution in [0, 0.1) is 11.8 Å². The Morgan fingerprint density at radius 3 is 2.87 bits per heavy atom. The van der Waals surface area contributed by atoms with Crippen molar-refractivity contribution in [2.24, 2.45) is 11.8 Å². The molecule has 1 heterocycles. The van der Waals surface area contributed by atoms with Crippen LogP contribution in [0.25, 0.3) is 0 Å². The van der Waals surface area contributed by atoms with Gasteiger partial charge in [-0.2, -0.15) is 0 Å². The smallest absolute Gasteiger partial charge is 0.231 e. The second-order valence-corrected chi connectivity index (χ2v) is 4.88. The van der Waals surface area contributed by atoms with E-state index in [1.165, 1.54) is 0 Å². The van der Waals surface area contributed by atoms with Crippen LogP contribution in [0.2, 0.25) is 0 Å². The fourth-order valence-electron chi connectivity index (χ4n) is 1.64. The van der Waals surface area contributed by atoms with Crippen molar-refractivity contribution < 1.29 is 4.79 Å². The first-order valence-corrected chi connectivity index (χ1v) is 5.78. The third-order valence-corrected chi connectivity index (χ3v) is 3.43. The van der Waals surface area contributed by atoms with E-state index in [-0.39, 0.29) is 11.8 Å². The standard InChI is InChI=1S/C11H13BrN2O/c1-7-6-8(7)11(15)14(2)10-9(12)4-3-5-13-10/h3-5,7-8H,6H2,1-2H3/t7-,8-/m0/s1. The van der Waals surface area contributed by atoms with E-state index in [2.05, 4.69) is 27.8 Å². The zero-order valence-electron chi connectivity index (χ0n) is 8.77. The molecule has 0 N–H and O–H groups in total. The predicted molar refractivity (Wildman–Crippen MR) is 62.6 cm³/mol. The third-order valence-electron chi connectivity index (χ3n) is 2.81. The number of carbonyl (C=O) groups is 1. The Balaban J connectivity index is 2.17. The number of carbonyl (C=O) groups excluding carboxylic acids is 1. The molecule has 1 aromatic rings. The Kier molecular flexibility index (Phi) is 2.78. The molecule has 1 amide bonds. The summed E-state index contributed by atoms with van der Waals surface area (Å²) in [4.78, 5) is 17.8. The van der Waals surface area contributed by atoms with E-state index in [0.717, 1.165) is 10.9 Å². The van der Waals surface area contributed by atoms with Crippen molar-refractivity contribution in [1.29, 1.82) is 0 Å². The highest BCUT2D eigenvalue weighted by Gasteiger charge is 2.41. The highest BCUT2D eigenvalue weighted by atomic mass is 79.9. The third kappa shape index (κ3) is 2.04. The molecule has 0 unspecified atom stereocenters. The molecule has 80 valence electrons. The van der Waals surface area contributed by atoms with Gasteiger partial charge in [-0.05, 0) is 40.4 Å². The van der Waals surface area contributed by atoms with Crippen molar-refractivity contribution in [2.75, 3.05) is 11.9 Å². The van der Waals surface area contributed by atoms with Gasteiger partial charge in [0.2, 0.25) is 5.91 Å². The number of amides is 1. The van der Waals surface area contributed by atoms with Gasteiger partial charge in [0.15, 0.2) is 0 Å². The predicted octanol–water partition coefficient (Wildman–Crippen LogP) is 2.46. The summed E-state index contributed by atoms with van der Waals surface area (Å²) < 4.78 is 0.856. The molecule has 0 saturated heterocycles. The molecule has 2 rings (SSSR count). The molecule has 3 nitrogen and oxygen atoms in total. The number of anilines is 1. The average molecular weight is 269 g/mol. The molecule has 1 aromatic heterocycles. The van der Waals surface area contributed by atoms with E-state index in [1.54, 1.807) is 18.1 Å². The first-order valence-electron chi connectivity index (χ1n) is 4.99. The first kappa shape index (κ1) is 10.6. The molecule has 1 saturated carbocycles. The van der Waals surface area contributed by atoms with Crippen LogP contribution >= 0.6 is 15.9 Å².